The van der Waals surface area contributed by atoms with E-state index < -0.39 is 17.3 Å². The van der Waals surface area contributed by atoms with Crippen LogP contribution in [0.1, 0.15) is 10.4 Å². The summed E-state index contributed by atoms with van der Waals surface area (Å²) in [5, 5.41) is 21.5. The number of benzene rings is 1. The molecule has 2 aromatic rings. The summed E-state index contributed by atoms with van der Waals surface area (Å²) < 4.78 is 13.2. The number of nitrogens with one attached hydrogen (secondary N) is 1. The van der Waals surface area contributed by atoms with Gasteiger partial charge in [0, 0.05) is 5.56 Å². The number of nitrogens with zero attached hydrogens (tertiary/aromatic N) is 3. The second-order valence-electron chi connectivity index (χ2n) is 2.70. The molecule has 1 aromatic carbocycles. The lowest BCUT2D eigenvalue weighted by molar-refractivity contribution is 0.0692. The molecule has 2 N–H and O–H groups in total. The smallest absolute Gasteiger partial charge is 0.339 e. The van der Waals surface area contributed by atoms with Crippen molar-refractivity contribution in [1.82, 2.24) is 20.6 Å². The highest BCUT2D eigenvalue weighted by Crippen LogP contribution is 2.21. The lowest BCUT2D eigenvalue weighted by Crippen LogP contribution is -2.03. The molecule has 1 aromatic heterocycles. The maximum absolute atomic E-state index is 13.2. The van der Waals surface area contributed by atoms with Crippen LogP contribution in [0.5, 0.6) is 0 Å². The molecule has 0 aliphatic heterocycles. The van der Waals surface area contributed by atoms with E-state index in [0.29, 0.717) is 0 Å². The molecule has 0 saturated carbocycles. The Balaban J connectivity index is 2.66. The molecule has 0 saturated heterocycles. The normalized spacial score (nSPS) is 10.2. The van der Waals surface area contributed by atoms with Crippen LogP contribution in [-0.4, -0.2) is 31.7 Å². The van der Waals surface area contributed by atoms with E-state index in [0.717, 1.165) is 6.07 Å². The minimum Gasteiger partial charge on any atom is -0.478 e. The zero-order chi connectivity index (χ0) is 10.8. The first-order valence-corrected chi connectivity index (χ1v) is 3.96. The number of aromatic amines is 1. The van der Waals surface area contributed by atoms with Gasteiger partial charge in [0.2, 0.25) is 5.82 Å². The standard InChI is InChI=1S/C8H5FN4O2/c9-5-3-1-2-4(6(5)8(14)15)7-10-12-13-11-7/h1-3H,(H,14,15)(H,10,11,12,13). The molecule has 0 unspecified atom stereocenters. The van der Waals surface area contributed by atoms with E-state index in [-0.39, 0.29) is 11.4 Å². The van der Waals surface area contributed by atoms with Crippen LogP contribution in [-0.2, 0) is 0 Å². The van der Waals surface area contributed by atoms with E-state index >= 15 is 0 Å². The summed E-state index contributed by atoms with van der Waals surface area (Å²) in [6, 6.07) is 3.86. The summed E-state index contributed by atoms with van der Waals surface area (Å²) >= 11 is 0. The van der Waals surface area contributed by atoms with Crippen LogP contribution < -0.4 is 0 Å². The van der Waals surface area contributed by atoms with Gasteiger partial charge in [0.1, 0.15) is 11.4 Å². The summed E-state index contributed by atoms with van der Waals surface area (Å²) in [5.74, 6) is -2.15. The molecule has 15 heavy (non-hydrogen) atoms. The molecule has 0 fully saturated rings. The quantitative estimate of drug-likeness (QED) is 0.757. The maximum atomic E-state index is 13.2. The summed E-state index contributed by atoms with van der Waals surface area (Å²) in [5.41, 5.74) is -0.366. The van der Waals surface area contributed by atoms with Crippen molar-refractivity contribution in [2.24, 2.45) is 0 Å². The van der Waals surface area contributed by atoms with Gasteiger partial charge in [-0.15, -0.1) is 10.2 Å². The lowest BCUT2D eigenvalue weighted by atomic mass is 10.1. The molecule has 0 aliphatic carbocycles. The van der Waals surface area contributed by atoms with E-state index in [2.05, 4.69) is 20.6 Å². The largest absolute Gasteiger partial charge is 0.478 e. The van der Waals surface area contributed by atoms with E-state index in [1.807, 2.05) is 0 Å². The fraction of sp³-hybridized carbons (Fsp3) is 0. The van der Waals surface area contributed by atoms with Gasteiger partial charge in [-0.25, -0.2) is 9.18 Å². The fourth-order valence-electron chi connectivity index (χ4n) is 1.20. The Kier molecular flexibility index (Phi) is 2.13. The number of aromatic nitrogens is 4. The number of carboxylic acid groups (broad SMARTS) is 1. The number of hydrogen-bond acceptors (Lipinski definition) is 4. The number of rotatable bonds is 2. The fourth-order valence-corrected chi connectivity index (χ4v) is 1.20. The van der Waals surface area contributed by atoms with Gasteiger partial charge in [0.15, 0.2) is 0 Å². The molecular weight excluding hydrogens is 203 g/mol. The van der Waals surface area contributed by atoms with Crippen LogP contribution >= 0.6 is 0 Å². The average molecular weight is 208 g/mol. The molecule has 1 heterocycles. The maximum Gasteiger partial charge on any atom is 0.339 e. The Morgan fingerprint density at radius 3 is 2.87 bits per heavy atom. The Hall–Kier alpha value is -2.31. The lowest BCUT2D eigenvalue weighted by Gasteiger charge is -2.01. The third kappa shape index (κ3) is 1.54. The Morgan fingerprint density at radius 2 is 2.27 bits per heavy atom. The minimum atomic E-state index is -1.37. The van der Waals surface area contributed by atoms with Gasteiger partial charge < -0.3 is 5.11 Å². The number of H-pyrrole nitrogens is 1. The predicted octanol–water partition coefficient (Wildman–Crippen LogP) is 0.704. The number of aromatic carboxylic acids is 1. The van der Waals surface area contributed by atoms with Gasteiger partial charge in [-0.1, -0.05) is 6.07 Å². The molecule has 0 spiro atoms. The molecule has 0 atom stereocenters. The molecule has 2 rings (SSSR count). The van der Waals surface area contributed by atoms with Gasteiger partial charge in [-0.05, 0) is 17.3 Å². The van der Waals surface area contributed by atoms with Gasteiger partial charge in [0.25, 0.3) is 0 Å². The highest BCUT2D eigenvalue weighted by atomic mass is 19.1. The molecule has 76 valence electrons. The van der Waals surface area contributed by atoms with E-state index in [1.54, 1.807) is 0 Å². The van der Waals surface area contributed by atoms with E-state index in [1.165, 1.54) is 12.1 Å². The van der Waals surface area contributed by atoms with Crippen molar-refractivity contribution in [3.8, 4) is 11.4 Å². The highest BCUT2D eigenvalue weighted by molar-refractivity contribution is 5.95. The van der Waals surface area contributed by atoms with Crippen LogP contribution in [0.25, 0.3) is 11.4 Å². The molecular formula is C8H5FN4O2. The molecule has 7 heteroatoms. The van der Waals surface area contributed by atoms with Gasteiger partial charge in [0.05, 0.1) is 0 Å². The SMILES string of the molecule is O=C(O)c1c(F)cccc1-c1nn[nH]n1. The highest BCUT2D eigenvalue weighted by Gasteiger charge is 2.18. The number of carbonyl (C=O) groups is 1. The van der Waals surface area contributed by atoms with E-state index in [4.69, 9.17) is 5.11 Å². The van der Waals surface area contributed by atoms with Crippen molar-refractivity contribution in [3.05, 3.63) is 29.6 Å². The third-order valence-electron chi connectivity index (χ3n) is 1.81. The second-order valence-corrected chi connectivity index (χ2v) is 2.70. The van der Waals surface area contributed by atoms with Crippen molar-refractivity contribution in [2.45, 2.75) is 0 Å². The van der Waals surface area contributed by atoms with Gasteiger partial charge in [-0.3, -0.25) is 0 Å². The van der Waals surface area contributed by atoms with Crippen LogP contribution in [0.15, 0.2) is 18.2 Å². The van der Waals surface area contributed by atoms with Gasteiger partial charge in [-0.2, -0.15) is 5.21 Å². The monoisotopic (exact) mass is 208 g/mol. The number of tetrazole rings is 1. The van der Waals surface area contributed by atoms with Crippen molar-refractivity contribution in [2.75, 3.05) is 0 Å². The minimum absolute atomic E-state index is 0.0481. The van der Waals surface area contributed by atoms with Crippen LogP contribution in [0.3, 0.4) is 0 Å². The third-order valence-corrected chi connectivity index (χ3v) is 1.81. The summed E-state index contributed by atoms with van der Waals surface area (Å²) in [6.07, 6.45) is 0. The van der Waals surface area contributed by atoms with Crippen molar-refractivity contribution in [1.29, 1.82) is 0 Å². The first-order valence-electron chi connectivity index (χ1n) is 3.96. The van der Waals surface area contributed by atoms with Crippen LogP contribution in [0.2, 0.25) is 0 Å². The molecule has 0 aliphatic rings. The Bertz CT molecular complexity index is 497. The van der Waals surface area contributed by atoms with E-state index in [9.17, 15) is 9.18 Å². The molecule has 0 amide bonds. The Morgan fingerprint density at radius 1 is 1.47 bits per heavy atom. The summed E-state index contributed by atoms with van der Waals surface area (Å²) in [7, 11) is 0. The average Bonchev–Trinajstić information content (AvgIpc) is 2.69. The Labute approximate surface area is 82.7 Å². The summed E-state index contributed by atoms with van der Waals surface area (Å²) in [6.45, 7) is 0. The zero-order valence-electron chi connectivity index (χ0n) is 7.31. The second kappa shape index (κ2) is 3.45. The molecule has 6 nitrogen and oxygen atoms in total. The number of carboxylic acids is 1. The topological polar surface area (TPSA) is 91.8 Å². The van der Waals surface area contributed by atoms with Crippen molar-refractivity contribution in [3.63, 3.8) is 0 Å². The van der Waals surface area contributed by atoms with Crippen LogP contribution in [0.4, 0.5) is 4.39 Å². The number of hydrogen-bond donors (Lipinski definition) is 2. The molecule has 0 bridgehead atoms. The van der Waals surface area contributed by atoms with Crippen molar-refractivity contribution < 1.29 is 14.3 Å². The van der Waals surface area contributed by atoms with Gasteiger partial charge >= 0.3 is 5.97 Å². The molecule has 0 radical (unpaired) electrons. The first kappa shape index (κ1) is 9.25. The predicted molar refractivity (Wildman–Crippen MR) is 46.5 cm³/mol. The first-order chi connectivity index (χ1) is 7.20. The van der Waals surface area contributed by atoms with Crippen molar-refractivity contribution >= 4 is 5.97 Å². The van der Waals surface area contributed by atoms with Crippen LogP contribution in [0, 0.1) is 5.82 Å². The summed E-state index contributed by atoms with van der Waals surface area (Å²) in [4.78, 5) is 10.8. The zero-order valence-corrected chi connectivity index (χ0v) is 7.31. The number of halogens is 1.